The lowest BCUT2D eigenvalue weighted by atomic mass is 10.1. The van der Waals surface area contributed by atoms with Gasteiger partial charge in [0.05, 0.1) is 6.61 Å². The first-order valence-corrected chi connectivity index (χ1v) is 7.01. The van der Waals surface area contributed by atoms with E-state index < -0.39 is 0 Å². The molecule has 3 nitrogen and oxygen atoms in total. The zero-order valence-corrected chi connectivity index (χ0v) is 11.6. The molecule has 0 saturated carbocycles. The average molecular weight is 258 g/mol. The number of ether oxygens (including phenoxy) is 1. The van der Waals surface area contributed by atoms with Crippen LogP contribution in [0.1, 0.15) is 25.3 Å². The van der Waals surface area contributed by atoms with Crippen molar-refractivity contribution in [3.05, 3.63) is 42.2 Å². The molecule has 1 heterocycles. The van der Waals surface area contributed by atoms with E-state index >= 15 is 0 Å². The highest BCUT2D eigenvalue weighted by molar-refractivity contribution is 5.81. The van der Waals surface area contributed by atoms with Gasteiger partial charge in [-0.05, 0) is 29.5 Å². The molecule has 0 atom stereocenters. The minimum absolute atomic E-state index is 0.789. The van der Waals surface area contributed by atoms with Crippen molar-refractivity contribution in [2.45, 2.75) is 26.3 Å². The number of nitrogens with one attached hydrogen (secondary N) is 1. The fourth-order valence-corrected chi connectivity index (χ4v) is 1.97. The second-order valence-corrected chi connectivity index (χ2v) is 4.70. The molecule has 3 heteroatoms. The summed E-state index contributed by atoms with van der Waals surface area (Å²) in [5.41, 5.74) is 1.30. The van der Waals surface area contributed by atoms with E-state index in [0.717, 1.165) is 32.7 Å². The number of hydrogen-bond donors (Lipinski definition) is 1. The molecule has 0 aliphatic carbocycles. The Morgan fingerprint density at radius 3 is 3.00 bits per heavy atom. The second kappa shape index (κ2) is 7.87. The van der Waals surface area contributed by atoms with Gasteiger partial charge >= 0.3 is 0 Å². The van der Waals surface area contributed by atoms with Crippen LogP contribution in [0.15, 0.2) is 36.7 Å². The number of aromatic nitrogens is 1. The molecule has 0 fully saturated rings. The largest absolute Gasteiger partial charge is 0.380 e. The lowest BCUT2D eigenvalue weighted by molar-refractivity contribution is 0.133. The molecular formula is C16H22N2O. The van der Waals surface area contributed by atoms with Gasteiger partial charge in [0.25, 0.3) is 0 Å². The van der Waals surface area contributed by atoms with Crippen molar-refractivity contribution in [3.63, 3.8) is 0 Å². The third-order valence-corrected chi connectivity index (χ3v) is 3.10. The predicted molar refractivity (Wildman–Crippen MR) is 79.2 cm³/mol. The summed E-state index contributed by atoms with van der Waals surface area (Å²) in [6, 6.07) is 8.53. The standard InChI is InChI=1S/C16H22N2O/c1-2-3-9-19-10-8-18-12-14-4-5-16-13-17-7-6-15(16)11-14/h4-7,11,13,18H,2-3,8-10,12H2,1H3. The maximum Gasteiger partial charge on any atom is 0.0591 e. The topological polar surface area (TPSA) is 34.1 Å². The Bertz CT molecular complexity index is 499. The Labute approximate surface area is 115 Å². The summed E-state index contributed by atoms with van der Waals surface area (Å²) in [5.74, 6) is 0. The van der Waals surface area contributed by atoms with E-state index in [1.54, 1.807) is 0 Å². The molecule has 0 unspecified atom stereocenters. The number of benzene rings is 1. The SMILES string of the molecule is CCCCOCCNCc1ccc2cnccc2c1. The van der Waals surface area contributed by atoms with Crippen molar-refractivity contribution >= 4 is 10.8 Å². The Balaban J connectivity index is 1.72. The van der Waals surface area contributed by atoms with Crippen molar-refractivity contribution in [2.24, 2.45) is 0 Å². The minimum Gasteiger partial charge on any atom is -0.380 e. The number of unbranched alkanes of at least 4 members (excludes halogenated alkanes) is 1. The van der Waals surface area contributed by atoms with Crippen LogP contribution in [0.2, 0.25) is 0 Å². The van der Waals surface area contributed by atoms with E-state index in [-0.39, 0.29) is 0 Å². The van der Waals surface area contributed by atoms with Crippen LogP contribution in [0.25, 0.3) is 10.8 Å². The van der Waals surface area contributed by atoms with Crippen molar-refractivity contribution in [3.8, 4) is 0 Å². The molecule has 0 spiro atoms. The van der Waals surface area contributed by atoms with Gasteiger partial charge in [0.2, 0.25) is 0 Å². The third kappa shape index (κ3) is 4.62. The maximum absolute atomic E-state index is 5.51. The number of pyridine rings is 1. The molecule has 0 aliphatic heterocycles. The summed E-state index contributed by atoms with van der Waals surface area (Å²) in [5, 5.41) is 5.84. The van der Waals surface area contributed by atoms with Gasteiger partial charge in [-0.15, -0.1) is 0 Å². The molecule has 2 rings (SSSR count). The summed E-state index contributed by atoms with van der Waals surface area (Å²) in [7, 11) is 0. The fourth-order valence-electron chi connectivity index (χ4n) is 1.97. The molecular weight excluding hydrogens is 236 g/mol. The molecule has 0 radical (unpaired) electrons. The predicted octanol–water partition coefficient (Wildman–Crippen LogP) is 3.14. The monoisotopic (exact) mass is 258 g/mol. The van der Waals surface area contributed by atoms with Crippen LogP contribution >= 0.6 is 0 Å². The Morgan fingerprint density at radius 2 is 2.11 bits per heavy atom. The van der Waals surface area contributed by atoms with Gasteiger partial charge in [0, 0.05) is 37.5 Å². The molecule has 1 aromatic heterocycles. The first-order chi connectivity index (χ1) is 9.40. The van der Waals surface area contributed by atoms with Gasteiger partial charge in [-0.3, -0.25) is 4.98 Å². The molecule has 1 N–H and O–H groups in total. The Kier molecular flexibility index (Phi) is 5.79. The highest BCUT2D eigenvalue weighted by atomic mass is 16.5. The number of rotatable bonds is 8. The first kappa shape index (κ1) is 14.0. The lowest BCUT2D eigenvalue weighted by Crippen LogP contribution is -2.19. The summed E-state index contributed by atoms with van der Waals surface area (Å²) < 4.78 is 5.51. The Hall–Kier alpha value is -1.45. The lowest BCUT2D eigenvalue weighted by Gasteiger charge is -2.07. The van der Waals surface area contributed by atoms with Crippen LogP contribution in [0, 0.1) is 0 Å². The number of fused-ring (bicyclic) bond motifs is 1. The molecule has 0 saturated heterocycles. The molecule has 2 aromatic rings. The second-order valence-electron chi connectivity index (χ2n) is 4.70. The van der Waals surface area contributed by atoms with E-state index in [4.69, 9.17) is 4.74 Å². The van der Waals surface area contributed by atoms with Crippen LogP contribution in [-0.2, 0) is 11.3 Å². The fraction of sp³-hybridized carbons (Fsp3) is 0.438. The molecule has 0 bridgehead atoms. The Morgan fingerprint density at radius 1 is 1.16 bits per heavy atom. The molecule has 0 aliphatic rings. The van der Waals surface area contributed by atoms with E-state index in [2.05, 4.69) is 35.4 Å². The molecule has 19 heavy (non-hydrogen) atoms. The van der Waals surface area contributed by atoms with Crippen molar-refractivity contribution < 1.29 is 4.74 Å². The maximum atomic E-state index is 5.51. The van der Waals surface area contributed by atoms with Gasteiger partial charge in [-0.2, -0.15) is 0 Å². The van der Waals surface area contributed by atoms with Gasteiger partial charge in [0.15, 0.2) is 0 Å². The zero-order valence-electron chi connectivity index (χ0n) is 11.6. The highest BCUT2D eigenvalue weighted by Crippen LogP contribution is 2.14. The highest BCUT2D eigenvalue weighted by Gasteiger charge is 1.96. The summed E-state index contributed by atoms with van der Waals surface area (Å²) in [6.07, 6.45) is 6.08. The van der Waals surface area contributed by atoms with E-state index in [0.29, 0.717) is 0 Å². The smallest absolute Gasteiger partial charge is 0.0591 e. The van der Waals surface area contributed by atoms with Gasteiger partial charge in [-0.1, -0.05) is 25.5 Å². The normalized spacial score (nSPS) is 11.0. The van der Waals surface area contributed by atoms with Crippen molar-refractivity contribution in [2.75, 3.05) is 19.8 Å². The summed E-state index contributed by atoms with van der Waals surface area (Å²) in [4.78, 5) is 4.12. The number of nitrogens with zero attached hydrogens (tertiary/aromatic N) is 1. The minimum atomic E-state index is 0.789. The van der Waals surface area contributed by atoms with E-state index in [1.165, 1.54) is 22.8 Å². The van der Waals surface area contributed by atoms with Gasteiger partial charge < -0.3 is 10.1 Å². The van der Waals surface area contributed by atoms with Crippen LogP contribution in [0.5, 0.6) is 0 Å². The van der Waals surface area contributed by atoms with Gasteiger partial charge in [-0.25, -0.2) is 0 Å². The van der Waals surface area contributed by atoms with Crippen LogP contribution in [-0.4, -0.2) is 24.7 Å². The van der Waals surface area contributed by atoms with Gasteiger partial charge in [0.1, 0.15) is 0 Å². The van der Waals surface area contributed by atoms with Crippen LogP contribution in [0.3, 0.4) is 0 Å². The molecule has 102 valence electrons. The summed E-state index contributed by atoms with van der Waals surface area (Å²) in [6.45, 7) is 5.63. The molecule has 0 amide bonds. The zero-order chi connectivity index (χ0) is 13.3. The molecule has 1 aromatic carbocycles. The summed E-state index contributed by atoms with van der Waals surface area (Å²) >= 11 is 0. The van der Waals surface area contributed by atoms with Crippen molar-refractivity contribution in [1.29, 1.82) is 0 Å². The van der Waals surface area contributed by atoms with Crippen LogP contribution < -0.4 is 5.32 Å². The van der Waals surface area contributed by atoms with E-state index in [9.17, 15) is 0 Å². The first-order valence-electron chi connectivity index (χ1n) is 7.01. The number of hydrogen-bond acceptors (Lipinski definition) is 3. The average Bonchev–Trinajstić information content (AvgIpc) is 2.46. The third-order valence-electron chi connectivity index (χ3n) is 3.10. The van der Waals surface area contributed by atoms with Crippen LogP contribution in [0.4, 0.5) is 0 Å². The quantitative estimate of drug-likeness (QED) is 0.739. The van der Waals surface area contributed by atoms with Crippen molar-refractivity contribution in [1.82, 2.24) is 10.3 Å². The van der Waals surface area contributed by atoms with E-state index in [1.807, 2.05) is 18.5 Å².